The van der Waals surface area contributed by atoms with Crippen LogP contribution in [0, 0.1) is 5.92 Å². The molecule has 0 aliphatic heterocycles. The van der Waals surface area contributed by atoms with Crippen molar-refractivity contribution in [3.8, 4) is 0 Å². The Bertz CT molecular complexity index is 150. The Hall–Kier alpha value is -0.650. The Morgan fingerprint density at radius 2 is 1.93 bits per heavy atom. The number of aliphatic hydroxyl groups is 1. The normalized spacial score (nSPS) is 11.9. The first-order valence-electron chi connectivity index (χ1n) is 5.26. The number of aliphatic carboxylic acids is 1. The van der Waals surface area contributed by atoms with Crippen LogP contribution in [0.3, 0.4) is 0 Å². The van der Waals surface area contributed by atoms with Crippen LogP contribution in [-0.4, -0.2) is 41.9 Å². The van der Waals surface area contributed by atoms with Crippen LogP contribution in [-0.2, 0) is 4.79 Å². The molecule has 0 saturated carbocycles. The van der Waals surface area contributed by atoms with Gasteiger partial charge >= 0.3 is 5.97 Å². The van der Waals surface area contributed by atoms with Crippen molar-refractivity contribution in [2.24, 2.45) is 11.7 Å². The minimum absolute atomic E-state index is 0.0972. The number of nitrogens with one attached hydrogen (secondary N) is 1. The molecule has 0 rings (SSSR count). The van der Waals surface area contributed by atoms with Gasteiger partial charge < -0.3 is 21.3 Å². The first kappa shape index (κ1) is 16.8. The third-order valence-electron chi connectivity index (χ3n) is 1.58. The first-order chi connectivity index (χ1) is 6.99. The molecule has 0 heterocycles. The number of nitrogens with two attached hydrogens (primary N) is 1. The Morgan fingerprint density at radius 1 is 1.47 bits per heavy atom. The average Bonchev–Trinajstić information content (AvgIpc) is 2.17. The van der Waals surface area contributed by atoms with E-state index in [1.807, 2.05) is 20.8 Å². The molecule has 0 spiro atoms. The predicted octanol–water partition coefficient (Wildman–Crippen LogP) is 0.0326. The van der Waals surface area contributed by atoms with Crippen molar-refractivity contribution in [2.75, 3.05) is 19.7 Å². The number of hydrogen-bond acceptors (Lipinski definition) is 4. The number of carboxylic acid groups (broad SMARTS) is 1. The molecular formula is C10H24N2O3. The van der Waals surface area contributed by atoms with Crippen molar-refractivity contribution in [1.29, 1.82) is 0 Å². The standard InChI is InChI=1S/C8H17NO2.C2H7NO/c1-4-9-7(8(10)11)5-6(2)3;3-1-2-4/h6-7,9H,4-5H2,1-3H3,(H,10,11);4H,1-3H2. The summed E-state index contributed by atoms with van der Waals surface area (Å²) in [6.45, 7) is 7.14. The van der Waals surface area contributed by atoms with Gasteiger partial charge in [0.2, 0.25) is 0 Å². The summed E-state index contributed by atoms with van der Waals surface area (Å²) in [5, 5.41) is 19.4. The molecular weight excluding hydrogens is 196 g/mol. The van der Waals surface area contributed by atoms with E-state index in [2.05, 4.69) is 5.32 Å². The second kappa shape index (κ2) is 11.4. The zero-order valence-electron chi connectivity index (χ0n) is 9.86. The third kappa shape index (κ3) is 13.3. The number of hydrogen-bond donors (Lipinski definition) is 4. The molecule has 15 heavy (non-hydrogen) atoms. The molecule has 5 nitrogen and oxygen atoms in total. The molecule has 0 aromatic rings. The quantitative estimate of drug-likeness (QED) is 0.506. The van der Waals surface area contributed by atoms with E-state index in [-0.39, 0.29) is 12.6 Å². The van der Waals surface area contributed by atoms with Gasteiger partial charge in [0.1, 0.15) is 6.04 Å². The first-order valence-corrected chi connectivity index (χ1v) is 5.26. The summed E-state index contributed by atoms with van der Waals surface area (Å²) in [7, 11) is 0. The molecule has 1 unspecified atom stereocenters. The lowest BCUT2D eigenvalue weighted by Gasteiger charge is -2.14. The largest absolute Gasteiger partial charge is 0.480 e. The Balaban J connectivity index is 0. The summed E-state index contributed by atoms with van der Waals surface area (Å²) in [5.74, 6) is -0.323. The molecule has 0 aromatic carbocycles. The molecule has 0 aliphatic carbocycles. The summed E-state index contributed by atoms with van der Waals surface area (Å²) in [4.78, 5) is 10.6. The highest BCUT2D eigenvalue weighted by Crippen LogP contribution is 2.04. The van der Waals surface area contributed by atoms with Gasteiger partial charge in [0.25, 0.3) is 0 Å². The maximum Gasteiger partial charge on any atom is 0.320 e. The number of carboxylic acids is 1. The Labute approximate surface area is 91.7 Å². The molecule has 0 saturated heterocycles. The lowest BCUT2D eigenvalue weighted by atomic mass is 10.0. The molecule has 5 heteroatoms. The van der Waals surface area contributed by atoms with E-state index >= 15 is 0 Å². The molecule has 92 valence electrons. The Kier molecular flexibility index (Phi) is 12.8. The zero-order valence-corrected chi connectivity index (χ0v) is 9.86. The van der Waals surface area contributed by atoms with Crippen LogP contribution >= 0.6 is 0 Å². The fraction of sp³-hybridized carbons (Fsp3) is 0.900. The van der Waals surface area contributed by atoms with E-state index in [4.69, 9.17) is 15.9 Å². The molecule has 1 atom stereocenters. The lowest BCUT2D eigenvalue weighted by Crippen LogP contribution is -2.37. The molecule has 0 aromatic heterocycles. The van der Waals surface area contributed by atoms with Crippen molar-refractivity contribution < 1.29 is 15.0 Å². The van der Waals surface area contributed by atoms with Gasteiger partial charge in [-0.05, 0) is 18.9 Å². The zero-order chi connectivity index (χ0) is 12.3. The topological polar surface area (TPSA) is 95.6 Å². The fourth-order valence-electron chi connectivity index (χ4n) is 0.989. The van der Waals surface area contributed by atoms with Gasteiger partial charge in [-0.1, -0.05) is 20.8 Å². The molecule has 0 bridgehead atoms. The second-order valence-corrected chi connectivity index (χ2v) is 3.59. The van der Waals surface area contributed by atoms with Crippen LogP contribution in [0.15, 0.2) is 0 Å². The number of carbonyl (C=O) groups is 1. The van der Waals surface area contributed by atoms with Crippen molar-refractivity contribution in [3.63, 3.8) is 0 Å². The van der Waals surface area contributed by atoms with Crippen LogP contribution in [0.1, 0.15) is 27.2 Å². The molecule has 0 fully saturated rings. The van der Waals surface area contributed by atoms with E-state index in [9.17, 15) is 4.79 Å². The Morgan fingerprint density at radius 3 is 2.13 bits per heavy atom. The van der Waals surface area contributed by atoms with E-state index in [1.165, 1.54) is 0 Å². The maximum atomic E-state index is 10.6. The van der Waals surface area contributed by atoms with Gasteiger partial charge in [0.05, 0.1) is 6.61 Å². The maximum absolute atomic E-state index is 10.6. The number of rotatable bonds is 6. The van der Waals surface area contributed by atoms with E-state index in [1.54, 1.807) is 0 Å². The lowest BCUT2D eigenvalue weighted by molar-refractivity contribution is -0.139. The minimum atomic E-state index is -0.749. The van der Waals surface area contributed by atoms with Crippen LogP contribution in [0.2, 0.25) is 0 Å². The molecule has 0 amide bonds. The van der Waals surface area contributed by atoms with Gasteiger partial charge in [-0.3, -0.25) is 4.79 Å². The summed E-state index contributed by atoms with van der Waals surface area (Å²) < 4.78 is 0. The smallest absolute Gasteiger partial charge is 0.320 e. The minimum Gasteiger partial charge on any atom is -0.480 e. The van der Waals surface area contributed by atoms with E-state index in [0.29, 0.717) is 25.4 Å². The van der Waals surface area contributed by atoms with Gasteiger partial charge in [0, 0.05) is 6.54 Å². The van der Waals surface area contributed by atoms with Crippen molar-refractivity contribution in [2.45, 2.75) is 33.2 Å². The fourth-order valence-corrected chi connectivity index (χ4v) is 0.989. The summed E-state index contributed by atoms with van der Waals surface area (Å²) >= 11 is 0. The van der Waals surface area contributed by atoms with Crippen LogP contribution in [0.4, 0.5) is 0 Å². The average molecular weight is 220 g/mol. The van der Waals surface area contributed by atoms with Crippen LogP contribution in [0.5, 0.6) is 0 Å². The summed E-state index contributed by atoms with van der Waals surface area (Å²) in [5.41, 5.74) is 4.78. The monoisotopic (exact) mass is 220 g/mol. The molecule has 5 N–H and O–H groups in total. The predicted molar refractivity (Wildman–Crippen MR) is 60.7 cm³/mol. The highest BCUT2D eigenvalue weighted by molar-refractivity contribution is 5.73. The van der Waals surface area contributed by atoms with Gasteiger partial charge in [0.15, 0.2) is 0 Å². The highest BCUT2D eigenvalue weighted by atomic mass is 16.4. The van der Waals surface area contributed by atoms with Crippen LogP contribution < -0.4 is 11.1 Å². The third-order valence-corrected chi connectivity index (χ3v) is 1.58. The van der Waals surface area contributed by atoms with Crippen LogP contribution in [0.25, 0.3) is 0 Å². The van der Waals surface area contributed by atoms with Gasteiger partial charge in [-0.15, -0.1) is 0 Å². The SMILES string of the molecule is CCNC(CC(C)C)C(=O)O.NCCO. The van der Waals surface area contributed by atoms with Crippen molar-refractivity contribution in [1.82, 2.24) is 5.32 Å². The summed E-state index contributed by atoms with van der Waals surface area (Å²) in [6, 6.07) is -0.375. The molecule has 0 aliphatic rings. The number of aliphatic hydroxyl groups excluding tert-OH is 1. The summed E-state index contributed by atoms with van der Waals surface area (Å²) in [6.07, 6.45) is 0.698. The van der Waals surface area contributed by atoms with Gasteiger partial charge in [-0.2, -0.15) is 0 Å². The van der Waals surface area contributed by atoms with Crippen molar-refractivity contribution in [3.05, 3.63) is 0 Å². The van der Waals surface area contributed by atoms with Gasteiger partial charge in [-0.25, -0.2) is 0 Å². The second-order valence-electron chi connectivity index (χ2n) is 3.59. The highest BCUT2D eigenvalue weighted by Gasteiger charge is 2.16. The molecule has 0 radical (unpaired) electrons. The van der Waals surface area contributed by atoms with Crippen molar-refractivity contribution >= 4 is 5.97 Å². The van der Waals surface area contributed by atoms with E-state index in [0.717, 1.165) is 0 Å². The number of likely N-dealkylation sites (N-methyl/N-ethyl adjacent to an activating group) is 1. The van der Waals surface area contributed by atoms with E-state index < -0.39 is 5.97 Å².